The summed E-state index contributed by atoms with van der Waals surface area (Å²) in [5.74, 6) is -0.516. The number of aliphatic hydroxyl groups is 1. The third-order valence-electron chi connectivity index (χ3n) is 3.05. The minimum Gasteiger partial charge on any atom is -0.393 e. The Balaban J connectivity index is 2.19. The highest BCUT2D eigenvalue weighted by molar-refractivity contribution is 4.98. The molecule has 3 heteroatoms. The van der Waals surface area contributed by atoms with Crippen LogP contribution in [-0.2, 0) is 9.47 Å². The topological polar surface area (TPSA) is 38.7 Å². The van der Waals surface area contributed by atoms with Crippen LogP contribution < -0.4 is 0 Å². The van der Waals surface area contributed by atoms with Crippen molar-refractivity contribution in [2.75, 3.05) is 6.61 Å². The molecule has 1 aliphatic carbocycles. The standard InChI is InChI=1S/C10H18O3/c1-9(2)12-8-5-3-4-6-10(8,7-11)13-9/h8,11H,3-7H2,1-2H3/t8-,10-/m0/s1. The molecule has 0 spiro atoms. The monoisotopic (exact) mass is 186 g/mol. The van der Waals surface area contributed by atoms with E-state index in [2.05, 4.69) is 0 Å². The minimum atomic E-state index is -0.516. The lowest BCUT2D eigenvalue weighted by Gasteiger charge is -2.34. The largest absolute Gasteiger partial charge is 0.393 e. The van der Waals surface area contributed by atoms with Crippen molar-refractivity contribution in [3.05, 3.63) is 0 Å². The Morgan fingerprint density at radius 2 is 2.15 bits per heavy atom. The first-order chi connectivity index (χ1) is 6.08. The highest BCUT2D eigenvalue weighted by Gasteiger charge is 2.53. The number of ether oxygens (including phenoxy) is 2. The van der Waals surface area contributed by atoms with Crippen LogP contribution in [-0.4, -0.2) is 29.2 Å². The lowest BCUT2D eigenvalue weighted by atomic mass is 9.83. The zero-order valence-electron chi connectivity index (χ0n) is 8.38. The first kappa shape index (κ1) is 9.44. The summed E-state index contributed by atoms with van der Waals surface area (Å²) in [7, 11) is 0. The highest BCUT2D eigenvalue weighted by atomic mass is 16.8. The molecular formula is C10H18O3. The SMILES string of the molecule is CC1(C)O[C@H]2CCCC[C@@]2(CO)O1. The highest BCUT2D eigenvalue weighted by Crippen LogP contribution is 2.44. The van der Waals surface area contributed by atoms with Crippen LogP contribution in [0.5, 0.6) is 0 Å². The Morgan fingerprint density at radius 1 is 1.38 bits per heavy atom. The van der Waals surface area contributed by atoms with Gasteiger partial charge in [0.05, 0.1) is 12.7 Å². The molecular weight excluding hydrogens is 168 g/mol. The maximum Gasteiger partial charge on any atom is 0.164 e. The molecule has 1 N–H and O–H groups in total. The van der Waals surface area contributed by atoms with Gasteiger partial charge in [0.25, 0.3) is 0 Å². The average molecular weight is 186 g/mol. The second kappa shape index (κ2) is 2.94. The smallest absolute Gasteiger partial charge is 0.164 e. The minimum absolute atomic E-state index is 0.0844. The molecule has 13 heavy (non-hydrogen) atoms. The number of hydrogen-bond donors (Lipinski definition) is 1. The molecule has 0 aromatic heterocycles. The van der Waals surface area contributed by atoms with E-state index in [1.807, 2.05) is 13.8 Å². The van der Waals surface area contributed by atoms with Crippen molar-refractivity contribution in [2.24, 2.45) is 0 Å². The van der Waals surface area contributed by atoms with Crippen molar-refractivity contribution < 1.29 is 14.6 Å². The summed E-state index contributed by atoms with van der Waals surface area (Å²) in [6.45, 7) is 3.92. The predicted molar refractivity (Wildman–Crippen MR) is 48.3 cm³/mol. The summed E-state index contributed by atoms with van der Waals surface area (Å²) in [4.78, 5) is 0. The summed E-state index contributed by atoms with van der Waals surface area (Å²) in [5, 5.41) is 9.38. The van der Waals surface area contributed by atoms with Gasteiger partial charge in [-0.1, -0.05) is 12.8 Å². The van der Waals surface area contributed by atoms with E-state index in [0.29, 0.717) is 0 Å². The van der Waals surface area contributed by atoms with E-state index < -0.39 is 11.4 Å². The molecule has 1 saturated carbocycles. The number of aliphatic hydroxyl groups excluding tert-OH is 1. The molecule has 0 unspecified atom stereocenters. The summed E-state index contributed by atoms with van der Waals surface area (Å²) in [5.41, 5.74) is -0.401. The van der Waals surface area contributed by atoms with Gasteiger partial charge in [-0.3, -0.25) is 0 Å². The first-order valence-corrected chi connectivity index (χ1v) is 5.07. The van der Waals surface area contributed by atoms with Gasteiger partial charge in [-0.15, -0.1) is 0 Å². The Kier molecular flexibility index (Phi) is 2.13. The third kappa shape index (κ3) is 1.49. The molecule has 0 aromatic rings. The predicted octanol–water partition coefficient (Wildman–Crippen LogP) is 1.44. The summed E-state index contributed by atoms with van der Waals surface area (Å²) >= 11 is 0. The van der Waals surface area contributed by atoms with Gasteiger partial charge in [-0.05, 0) is 26.7 Å². The number of fused-ring (bicyclic) bond motifs is 1. The summed E-state index contributed by atoms with van der Waals surface area (Å²) in [6, 6.07) is 0. The van der Waals surface area contributed by atoms with Crippen molar-refractivity contribution >= 4 is 0 Å². The fourth-order valence-electron chi connectivity index (χ4n) is 2.53. The van der Waals surface area contributed by atoms with E-state index in [1.165, 1.54) is 6.42 Å². The molecule has 2 atom stereocenters. The molecule has 0 radical (unpaired) electrons. The van der Waals surface area contributed by atoms with E-state index in [-0.39, 0.29) is 12.7 Å². The van der Waals surface area contributed by atoms with Crippen LogP contribution in [0.15, 0.2) is 0 Å². The van der Waals surface area contributed by atoms with Crippen molar-refractivity contribution in [3.8, 4) is 0 Å². The van der Waals surface area contributed by atoms with Crippen LogP contribution in [0.4, 0.5) is 0 Å². The van der Waals surface area contributed by atoms with Gasteiger partial charge < -0.3 is 14.6 Å². The van der Waals surface area contributed by atoms with Crippen molar-refractivity contribution in [1.29, 1.82) is 0 Å². The maximum atomic E-state index is 9.38. The third-order valence-corrected chi connectivity index (χ3v) is 3.05. The van der Waals surface area contributed by atoms with Crippen LogP contribution in [0.1, 0.15) is 39.5 Å². The van der Waals surface area contributed by atoms with E-state index in [9.17, 15) is 5.11 Å². The second-order valence-electron chi connectivity index (χ2n) is 4.58. The van der Waals surface area contributed by atoms with Crippen LogP contribution in [0.3, 0.4) is 0 Å². The zero-order chi connectivity index (χ0) is 9.53. The van der Waals surface area contributed by atoms with Crippen LogP contribution in [0.25, 0.3) is 0 Å². The van der Waals surface area contributed by atoms with E-state index in [1.54, 1.807) is 0 Å². The fourth-order valence-corrected chi connectivity index (χ4v) is 2.53. The lowest BCUT2D eigenvalue weighted by molar-refractivity contribution is -0.170. The van der Waals surface area contributed by atoms with Crippen LogP contribution in [0, 0.1) is 0 Å². The Bertz CT molecular complexity index is 202. The number of rotatable bonds is 1. The Morgan fingerprint density at radius 3 is 2.77 bits per heavy atom. The summed E-state index contributed by atoms with van der Waals surface area (Å²) < 4.78 is 11.6. The quantitative estimate of drug-likeness (QED) is 0.673. The lowest BCUT2D eigenvalue weighted by Crippen LogP contribution is -2.46. The normalized spacial score (nSPS) is 43.2. The van der Waals surface area contributed by atoms with Crippen LogP contribution in [0.2, 0.25) is 0 Å². The van der Waals surface area contributed by atoms with Gasteiger partial charge >= 0.3 is 0 Å². The van der Waals surface area contributed by atoms with Gasteiger partial charge in [0.1, 0.15) is 5.60 Å². The van der Waals surface area contributed by atoms with Gasteiger partial charge in [-0.2, -0.15) is 0 Å². The summed E-state index contributed by atoms with van der Waals surface area (Å²) in [6.07, 6.45) is 4.37. The van der Waals surface area contributed by atoms with Gasteiger partial charge in [-0.25, -0.2) is 0 Å². The molecule has 3 nitrogen and oxygen atoms in total. The molecule has 2 rings (SSSR count). The van der Waals surface area contributed by atoms with Gasteiger partial charge in [0, 0.05) is 0 Å². The maximum absolute atomic E-state index is 9.38. The number of hydrogen-bond acceptors (Lipinski definition) is 3. The Labute approximate surface area is 79.0 Å². The molecule has 0 amide bonds. The van der Waals surface area contributed by atoms with Crippen LogP contribution >= 0.6 is 0 Å². The molecule has 76 valence electrons. The van der Waals surface area contributed by atoms with Gasteiger partial charge in [0.15, 0.2) is 5.79 Å². The Hall–Kier alpha value is -0.120. The molecule has 2 aliphatic rings. The van der Waals surface area contributed by atoms with Crippen molar-refractivity contribution in [1.82, 2.24) is 0 Å². The first-order valence-electron chi connectivity index (χ1n) is 5.07. The fraction of sp³-hybridized carbons (Fsp3) is 1.00. The van der Waals surface area contributed by atoms with E-state index >= 15 is 0 Å². The van der Waals surface area contributed by atoms with Gasteiger partial charge in [0.2, 0.25) is 0 Å². The average Bonchev–Trinajstić information content (AvgIpc) is 2.35. The second-order valence-corrected chi connectivity index (χ2v) is 4.58. The van der Waals surface area contributed by atoms with E-state index in [0.717, 1.165) is 19.3 Å². The van der Waals surface area contributed by atoms with Crippen molar-refractivity contribution in [2.45, 2.75) is 57.0 Å². The molecule has 2 fully saturated rings. The van der Waals surface area contributed by atoms with Crippen molar-refractivity contribution in [3.63, 3.8) is 0 Å². The molecule has 1 aliphatic heterocycles. The molecule has 1 heterocycles. The van der Waals surface area contributed by atoms with E-state index in [4.69, 9.17) is 9.47 Å². The molecule has 0 aromatic carbocycles. The molecule has 0 bridgehead atoms. The zero-order valence-corrected chi connectivity index (χ0v) is 8.38. The molecule has 1 saturated heterocycles.